The molecule has 0 saturated heterocycles. The Balaban J connectivity index is 1.86. The van der Waals surface area contributed by atoms with E-state index in [1.807, 2.05) is 30.3 Å². The summed E-state index contributed by atoms with van der Waals surface area (Å²) in [6.07, 6.45) is 0. The van der Waals surface area contributed by atoms with Crippen molar-refractivity contribution in [2.45, 2.75) is 19.8 Å². The van der Waals surface area contributed by atoms with Gasteiger partial charge >= 0.3 is 0 Å². The third kappa shape index (κ3) is 4.20. The number of rotatable bonds is 8. The first kappa shape index (κ1) is 21.1. The molecule has 0 aliphatic rings. The van der Waals surface area contributed by atoms with Crippen molar-refractivity contribution in [1.29, 1.82) is 0 Å². The Labute approximate surface area is 183 Å². The molecule has 0 amide bonds. The molecule has 2 aromatic carbocycles. The van der Waals surface area contributed by atoms with Crippen molar-refractivity contribution in [2.24, 2.45) is 0 Å². The van der Waals surface area contributed by atoms with Gasteiger partial charge in [-0.25, -0.2) is 0 Å². The van der Waals surface area contributed by atoms with Crippen molar-refractivity contribution in [3.63, 3.8) is 0 Å². The normalized spacial score (nSPS) is 11.3. The highest BCUT2D eigenvalue weighted by molar-refractivity contribution is 6.33. The highest BCUT2D eigenvalue weighted by Gasteiger charge is 2.22. The van der Waals surface area contributed by atoms with Crippen LogP contribution in [0.4, 0.5) is 0 Å². The molecule has 2 heterocycles. The minimum Gasteiger partial charge on any atom is -0.383 e. The molecule has 0 aliphatic heterocycles. The lowest BCUT2D eigenvalue weighted by molar-refractivity contribution is 0.101. The molecule has 0 radical (unpaired) electrons. The number of nitrogens with zero attached hydrogens (tertiary/aromatic N) is 1. The third-order valence-corrected chi connectivity index (χ3v) is 5.44. The third-order valence-electron chi connectivity index (χ3n) is 5.11. The molecule has 0 spiro atoms. The van der Waals surface area contributed by atoms with Crippen molar-refractivity contribution in [3.8, 4) is 11.1 Å². The minimum absolute atomic E-state index is 0.0914. The van der Waals surface area contributed by atoms with Crippen LogP contribution in [0.15, 0.2) is 64.2 Å². The molecule has 4 rings (SSSR count). The smallest absolute Gasteiger partial charge is 0.273 e. The summed E-state index contributed by atoms with van der Waals surface area (Å²) in [7, 11) is 1.56. The monoisotopic (exact) mass is 439 g/mol. The second kappa shape index (κ2) is 9.34. The zero-order valence-electron chi connectivity index (χ0n) is 17.0. The van der Waals surface area contributed by atoms with Crippen LogP contribution in [-0.2, 0) is 29.2 Å². The van der Waals surface area contributed by atoms with Gasteiger partial charge in [-0.05, 0) is 11.6 Å². The quantitative estimate of drug-likeness (QED) is 0.438. The molecular formula is C23H22ClN3O4. The fourth-order valence-corrected chi connectivity index (χ4v) is 3.87. The summed E-state index contributed by atoms with van der Waals surface area (Å²) in [5.74, 6) is 0. The first-order valence-corrected chi connectivity index (χ1v) is 10.2. The number of H-pyrrole nitrogens is 2. The van der Waals surface area contributed by atoms with Gasteiger partial charge in [0.05, 0.1) is 42.0 Å². The second-order valence-electron chi connectivity index (χ2n) is 7.06. The fraction of sp³-hybridized carbons (Fsp3) is 0.217. The summed E-state index contributed by atoms with van der Waals surface area (Å²) in [5, 5.41) is 6.26. The molecule has 7 nitrogen and oxygen atoms in total. The Morgan fingerprint density at radius 1 is 0.968 bits per heavy atom. The molecule has 0 aliphatic carbocycles. The first-order valence-electron chi connectivity index (χ1n) is 9.83. The molecule has 0 fully saturated rings. The van der Waals surface area contributed by atoms with E-state index in [9.17, 15) is 9.59 Å². The van der Waals surface area contributed by atoms with E-state index in [1.54, 1.807) is 35.9 Å². The van der Waals surface area contributed by atoms with Gasteiger partial charge < -0.3 is 14.0 Å². The second-order valence-corrected chi connectivity index (χ2v) is 7.47. The Morgan fingerprint density at radius 3 is 2.45 bits per heavy atom. The lowest BCUT2D eigenvalue weighted by atomic mass is 10.0. The fourth-order valence-electron chi connectivity index (χ4n) is 3.64. The van der Waals surface area contributed by atoms with Gasteiger partial charge in [0.25, 0.3) is 11.1 Å². The number of benzene rings is 2. The topological polar surface area (TPSA) is 89.1 Å². The molecule has 0 unspecified atom stereocenters. The van der Waals surface area contributed by atoms with Crippen LogP contribution >= 0.6 is 11.6 Å². The number of halogens is 1. The van der Waals surface area contributed by atoms with E-state index in [0.29, 0.717) is 46.0 Å². The van der Waals surface area contributed by atoms with Gasteiger partial charge in [-0.2, -0.15) is 0 Å². The number of fused-ring (bicyclic) bond motifs is 1. The van der Waals surface area contributed by atoms with Crippen LogP contribution in [0.1, 0.15) is 11.3 Å². The first-order chi connectivity index (χ1) is 15.1. The lowest BCUT2D eigenvalue weighted by Crippen LogP contribution is -2.29. The summed E-state index contributed by atoms with van der Waals surface area (Å²) < 4.78 is 12.6. The zero-order chi connectivity index (χ0) is 21.8. The zero-order valence-corrected chi connectivity index (χ0v) is 17.7. The molecule has 0 atom stereocenters. The summed E-state index contributed by atoms with van der Waals surface area (Å²) in [5.41, 5.74) is 2.19. The summed E-state index contributed by atoms with van der Waals surface area (Å²) >= 11 is 6.39. The molecular weight excluding hydrogens is 418 g/mol. The van der Waals surface area contributed by atoms with Crippen LogP contribution in [0.25, 0.3) is 22.0 Å². The van der Waals surface area contributed by atoms with E-state index in [4.69, 9.17) is 21.1 Å². The molecule has 8 heteroatoms. The highest BCUT2D eigenvalue weighted by Crippen LogP contribution is 2.30. The van der Waals surface area contributed by atoms with Crippen LogP contribution in [0.5, 0.6) is 0 Å². The highest BCUT2D eigenvalue weighted by atomic mass is 35.5. The number of pyridine rings is 1. The molecule has 0 bridgehead atoms. The van der Waals surface area contributed by atoms with Crippen LogP contribution < -0.4 is 11.1 Å². The number of nitrogens with one attached hydrogen (secondary N) is 2. The number of aromatic nitrogens is 3. The van der Waals surface area contributed by atoms with Gasteiger partial charge in [0.2, 0.25) is 0 Å². The van der Waals surface area contributed by atoms with E-state index in [1.165, 1.54) is 0 Å². The van der Waals surface area contributed by atoms with E-state index in [2.05, 4.69) is 10.2 Å². The van der Waals surface area contributed by atoms with E-state index < -0.39 is 0 Å². The number of hydrogen-bond donors (Lipinski definition) is 2. The maximum absolute atomic E-state index is 13.6. The average molecular weight is 440 g/mol. The van der Waals surface area contributed by atoms with Crippen molar-refractivity contribution in [2.75, 3.05) is 13.7 Å². The number of methoxy groups -OCH3 is 1. The maximum atomic E-state index is 13.6. The predicted molar refractivity (Wildman–Crippen MR) is 120 cm³/mol. The van der Waals surface area contributed by atoms with Crippen LogP contribution in [0, 0.1) is 0 Å². The SMILES string of the molecule is COCCn1c(COCc2ccccc2)c2c(=O)[nH][nH]c2c(-c2ccccc2Cl)c1=O. The molecule has 160 valence electrons. The van der Waals surface area contributed by atoms with Crippen LogP contribution in [0.3, 0.4) is 0 Å². The van der Waals surface area contributed by atoms with E-state index >= 15 is 0 Å². The Kier molecular flexibility index (Phi) is 6.36. The average Bonchev–Trinajstić information content (AvgIpc) is 3.16. The van der Waals surface area contributed by atoms with Gasteiger partial charge in [-0.3, -0.25) is 19.8 Å². The Bertz CT molecular complexity index is 1310. The van der Waals surface area contributed by atoms with Crippen molar-refractivity contribution in [3.05, 3.63) is 91.6 Å². The van der Waals surface area contributed by atoms with Gasteiger partial charge in [0.15, 0.2) is 0 Å². The number of hydrogen-bond acceptors (Lipinski definition) is 4. The lowest BCUT2D eigenvalue weighted by Gasteiger charge is -2.17. The van der Waals surface area contributed by atoms with E-state index in [0.717, 1.165) is 5.56 Å². The summed E-state index contributed by atoms with van der Waals surface area (Å²) in [6.45, 7) is 1.03. The maximum Gasteiger partial charge on any atom is 0.273 e. The van der Waals surface area contributed by atoms with Crippen molar-refractivity contribution >= 4 is 22.5 Å². The van der Waals surface area contributed by atoms with Crippen molar-refractivity contribution in [1.82, 2.24) is 14.8 Å². The molecule has 2 N–H and O–H groups in total. The molecule has 2 aromatic heterocycles. The van der Waals surface area contributed by atoms with Crippen molar-refractivity contribution < 1.29 is 9.47 Å². The van der Waals surface area contributed by atoms with Crippen LogP contribution in [-0.4, -0.2) is 28.5 Å². The number of aromatic amines is 2. The minimum atomic E-state index is -0.326. The summed E-state index contributed by atoms with van der Waals surface area (Å²) in [4.78, 5) is 26.3. The summed E-state index contributed by atoms with van der Waals surface area (Å²) in [6, 6.07) is 16.8. The standard InChI is InChI=1S/C23H22ClN3O4/c1-30-12-11-27-18(14-31-13-15-7-3-2-4-8-15)20-21(25-26-22(20)28)19(23(27)29)16-9-5-6-10-17(16)24/h2-10,25H,11-14H2,1H3,(H,26,28). The Hall–Kier alpha value is -3.13. The number of ether oxygens (including phenoxy) is 2. The molecule has 4 aromatic rings. The van der Waals surface area contributed by atoms with Crippen LogP contribution in [0.2, 0.25) is 5.02 Å². The predicted octanol–water partition coefficient (Wildman–Crippen LogP) is 3.70. The van der Waals surface area contributed by atoms with E-state index in [-0.39, 0.29) is 24.3 Å². The van der Waals surface area contributed by atoms with Gasteiger partial charge in [0, 0.05) is 24.2 Å². The molecule has 31 heavy (non-hydrogen) atoms. The molecule has 0 saturated carbocycles. The van der Waals surface area contributed by atoms with Gasteiger partial charge in [-0.1, -0.05) is 60.1 Å². The Morgan fingerprint density at radius 2 is 1.71 bits per heavy atom. The van der Waals surface area contributed by atoms with Gasteiger partial charge in [-0.15, -0.1) is 0 Å². The largest absolute Gasteiger partial charge is 0.383 e. The van der Waals surface area contributed by atoms with Gasteiger partial charge in [0.1, 0.15) is 0 Å².